The first-order valence-electron chi connectivity index (χ1n) is 6.09. The van der Waals surface area contributed by atoms with Gasteiger partial charge < -0.3 is 15.0 Å². The molecule has 0 heterocycles. The molecule has 4 nitrogen and oxygen atoms in total. The molecule has 0 aromatic heterocycles. The van der Waals surface area contributed by atoms with Gasteiger partial charge in [-0.1, -0.05) is 6.92 Å². The summed E-state index contributed by atoms with van der Waals surface area (Å²) in [6.45, 7) is 13.1. The van der Waals surface area contributed by atoms with Gasteiger partial charge in [-0.3, -0.25) is 0 Å². The van der Waals surface area contributed by atoms with Crippen LogP contribution in [0.25, 0.3) is 0 Å². The summed E-state index contributed by atoms with van der Waals surface area (Å²) >= 11 is 0. The van der Waals surface area contributed by atoms with E-state index in [2.05, 4.69) is 12.2 Å². The monoisotopic (exact) mass is 230 g/mol. The van der Waals surface area contributed by atoms with Crippen molar-refractivity contribution in [3.8, 4) is 0 Å². The van der Waals surface area contributed by atoms with Crippen molar-refractivity contribution >= 4 is 6.09 Å². The van der Waals surface area contributed by atoms with Gasteiger partial charge in [-0.25, -0.2) is 4.79 Å². The molecule has 4 heteroatoms. The second-order valence-corrected chi connectivity index (χ2v) is 4.77. The van der Waals surface area contributed by atoms with E-state index >= 15 is 0 Å². The van der Waals surface area contributed by atoms with Crippen LogP contribution in [-0.2, 0) is 4.74 Å². The van der Waals surface area contributed by atoms with Gasteiger partial charge in [0, 0.05) is 13.1 Å². The van der Waals surface area contributed by atoms with Gasteiger partial charge in [-0.2, -0.15) is 0 Å². The molecule has 96 valence electrons. The summed E-state index contributed by atoms with van der Waals surface area (Å²) in [5.74, 6) is 0. The van der Waals surface area contributed by atoms with Crippen LogP contribution >= 0.6 is 0 Å². The molecule has 0 radical (unpaired) electrons. The van der Waals surface area contributed by atoms with E-state index in [1.165, 1.54) is 0 Å². The largest absolute Gasteiger partial charge is 0.444 e. The Balaban J connectivity index is 3.93. The second kappa shape index (κ2) is 7.49. The van der Waals surface area contributed by atoms with Crippen molar-refractivity contribution in [1.29, 1.82) is 0 Å². The molecule has 0 aromatic rings. The predicted octanol–water partition coefficient (Wildman–Crippen LogP) is 2.24. The topological polar surface area (TPSA) is 41.6 Å². The highest BCUT2D eigenvalue weighted by Crippen LogP contribution is 2.09. The SMILES string of the molecule is CCNCCCN(CC)C(=O)OC(C)(C)C. The van der Waals surface area contributed by atoms with Crippen molar-refractivity contribution in [1.82, 2.24) is 10.2 Å². The highest BCUT2D eigenvalue weighted by atomic mass is 16.6. The molecule has 0 aliphatic heterocycles. The zero-order chi connectivity index (χ0) is 12.6. The maximum Gasteiger partial charge on any atom is 0.410 e. The molecule has 1 N–H and O–H groups in total. The Kier molecular flexibility index (Phi) is 7.13. The number of hydrogen-bond donors (Lipinski definition) is 1. The van der Waals surface area contributed by atoms with Crippen LogP contribution in [-0.4, -0.2) is 42.8 Å². The molecule has 1 amide bonds. The third-order valence-electron chi connectivity index (χ3n) is 2.07. The molecule has 0 aliphatic carbocycles. The first kappa shape index (κ1) is 15.2. The lowest BCUT2D eigenvalue weighted by Crippen LogP contribution is -2.38. The van der Waals surface area contributed by atoms with Crippen molar-refractivity contribution in [2.24, 2.45) is 0 Å². The number of hydrogen-bond acceptors (Lipinski definition) is 3. The molecular formula is C12H26N2O2. The normalized spacial score (nSPS) is 11.3. The quantitative estimate of drug-likeness (QED) is 0.712. The van der Waals surface area contributed by atoms with Gasteiger partial charge in [0.2, 0.25) is 0 Å². The van der Waals surface area contributed by atoms with E-state index < -0.39 is 5.60 Å². The number of amides is 1. The first-order valence-corrected chi connectivity index (χ1v) is 6.09. The van der Waals surface area contributed by atoms with E-state index in [0.29, 0.717) is 6.54 Å². The van der Waals surface area contributed by atoms with E-state index in [-0.39, 0.29) is 6.09 Å². The Hall–Kier alpha value is -0.770. The molecule has 16 heavy (non-hydrogen) atoms. The van der Waals surface area contributed by atoms with Gasteiger partial charge in [-0.05, 0) is 47.2 Å². The summed E-state index contributed by atoms with van der Waals surface area (Å²) in [6.07, 6.45) is 0.743. The average Bonchev–Trinajstić information content (AvgIpc) is 2.15. The van der Waals surface area contributed by atoms with Gasteiger partial charge >= 0.3 is 6.09 Å². The van der Waals surface area contributed by atoms with Crippen LogP contribution in [0.5, 0.6) is 0 Å². The summed E-state index contributed by atoms with van der Waals surface area (Å²) in [6, 6.07) is 0. The second-order valence-electron chi connectivity index (χ2n) is 4.77. The molecule has 0 saturated heterocycles. The standard InChI is InChI=1S/C12H26N2O2/c1-6-13-9-8-10-14(7-2)11(15)16-12(3,4)5/h13H,6-10H2,1-5H3. The van der Waals surface area contributed by atoms with Crippen molar-refractivity contribution in [3.05, 3.63) is 0 Å². The van der Waals surface area contributed by atoms with Crippen LogP contribution in [0.4, 0.5) is 4.79 Å². The Morgan fingerprint density at radius 2 is 1.94 bits per heavy atom. The highest BCUT2D eigenvalue weighted by molar-refractivity contribution is 5.68. The molecule has 0 rings (SSSR count). The fourth-order valence-corrected chi connectivity index (χ4v) is 1.28. The first-order chi connectivity index (χ1) is 7.40. The molecule has 0 spiro atoms. The summed E-state index contributed by atoms with van der Waals surface area (Å²) in [5, 5.41) is 3.24. The fourth-order valence-electron chi connectivity index (χ4n) is 1.28. The van der Waals surface area contributed by atoms with Gasteiger partial charge in [0.1, 0.15) is 5.60 Å². The van der Waals surface area contributed by atoms with Crippen molar-refractivity contribution in [3.63, 3.8) is 0 Å². The summed E-state index contributed by atoms with van der Waals surface area (Å²) in [7, 11) is 0. The Morgan fingerprint density at radius 3 is 2.38 bits per heavy atom. The Labute approximate surface area is 99.3 Å². The van der Waals surface area contributed by atoms with Crippen LogP contribution in [0, 0.1) is 0 Å². The predicted molar refractivity (Wildman–Crippen MR) is 66.6 cm³/mol. The zero-order valence-corrected chi connectivity index (χ0v) is 11.3. The maximum absolute atomic E-state index is 11.7. The minimum Gasteiger partial charge on any atom is -0.444 e. The number of carbonyl (C=O) groups is 1. The molecule has 0 bridgehead atoms. The number of rotatable bonds is 6. The van der Waals surface area contributed by atoms with E-state index in [9.17, 15) is 4.79 Å². The molecule has 0 aromatic carbocycles. The number of ether oxygens (including phenoxy) is 1. The molecule has 0 atom stereocenters. The van der Waals surface area contributed by atoms with Crippen LogP contribution in [0.15, 0.2) is 0 Å². The van der Waals surface area contributed by atoms with E-state index in [4.69, 9.17) is 4.74 Å². The number of nitrogens with zero attached hydrogens (tertiary/aromatic N) is 1. The molecule has 0 saturated carbocycles. The lowest BCUT2D eigenvalue weighted by atomic mass is 10.2. The van der Waals surface area contributed by atoms with Gasteiger partial charge in [0.15, 0.2) is 0 Å². The third-order valence-corrected chi connectivity index (χ3v) is 2.07. The van der Waals surface area contributed by atoms with Crippen molar-refractivity contribution in [2.75, 3.05) is 26.2 Å². The van der Waals surface area contributed by atoms with E-state index in [0.717, 1.165) is 26.1 Å². The van der Waals surface area contributed by atoms with Crippen LogP contribution in [0.1, 0.15) is 41.0 Å². The number of carbonyl (C=O) groups excluding carboxylic acids is 1. The average molecular weight is 230 g/mol. The van der Waals surface area contributed by atoms with E-state index in [1.807, 2.05) is 27.7 Å². The van der Waals surface area contributed by atoms with Crippen molar-refractivity contribution in [2.45, 2.75) is 46.6 Å². The minimum absolute atomic E-state index is 0.216. The van der Waals surface area contributed by atoms with Crippen LogP contribution < -0.4 is 5.32 Å². The van der Waals surface area contributed by atoms with Crippen LogP contribution in [0.3, 0.4) is 0 Å². The van der Waals surface area contributed by atoms with Gasteiger partial charge in [0.05, 0.1) is 0 Å². The lowest BCUT2D eigenvalue weighted by Gasteiger charge is -2.26. The summed E-state index contributed by atoms with van der Waals surface area (Å²) in [5.41, 5.74) is -0.411. The Bertz CT molecular complexity index is 200. The molecule has 0 aliphatic rings. The number of nitrogens with one attached hydrogen (secondary N) is 1. The van der Waals surface area contributed by atoms with Crippen LogP contribution in [0.2, 0.25) is 0 Å². The van der Waals surface area contributed by atoms with E-state index in [1.54, 1.807) is 4.90 Å². The lowest BCUT2D eigenvalue weighted by molar-refractivity contribution is 0.0258. The smallest absolute Gasteiger partial charge is 0.410 e. The van der Waals surface area contributed by atoms with Gasteiger partial charge in [0.25, 0.3) is 0 Å². The zero-order valence-electron chi connectivity index (χ0n) is 11.3. The molecular weight excluding hydrogens is 204 g/mol. The minimum atomic E-state index is -0.411. The Morgan fingerprint density at radius 1 is 1.31 bits per heavy atom. The maximum atomic E-state index is 11.7. The summed E-state index contributed by atoms with van der Waals surface area (Å²) in [4.78, 5) is 13.5. The van der Waals surface area contributed by atoms with Crippen molar-refractivity contribution < 1.29 is 9.53 Å². The highest BCUT2D eigenvalue weighted by Gasteiger charge is 2.20. The summed E-state index contributed by atoms with van der Waals surface area (Å²) < 4.78 is 5.31. The molecule has 0 fully saturated rings. The fraction of sp³-hybridized carbons (Fsp3) is 0.917. The molecule has 0 unspecified atom stereocenters. The van der Waals surface area contributed by atoms with Gasteiger partial charge in [-0.15, -0.1) is 0 Å². The third kappa shape index (κ3) is 7.51.